The standard InChI is InChI=1S/C13H16FN3O3S/c1-3-15-7-10-6-13(9(2)20-10)21(18,19)17-12-4-5-16-8-11(12)14/h4-6,8,15H,3,7H2,1-2H3,(H,16,17). The van der Waals surface area contributed by atoms with Crippen molar-refractivity contribution in [3.8, 4) is 0 Å². The second-order valence-corrected chi connectivity index (χ2v) is 6.03. The highest BCUT2D eigenvalue weighted by atomic mass is 32.2. The highest BCUT2D eigenvalue weighted by Crippen LogP contribution is 2.23. The lowest BCUT2D eigenvalue weighted by atomic mass is 10.4. The lowest BCUT2D eigenvalue weighted by Gasteiger charge is -2.07. The van der Waals surface area contributed by atoms with Crippen LogP contribution < -0.4 is 10.0 Å². The number of hydrogen-bond acceptors (Lipinski definition) is 5. The van der Waals surface area contributed by atoms with Gasteiger partial charge in [0.25, 0.3) is 10.0 Å². The van der Waals surface area contributed by atoms with Crippen LogP contribution in [0.1, 0.15) is 18.4 Å². The molecule has 0 bridgehead atoms. The van der Waals surface area contributed by atoms with E-state index >= 15 is 0 Å². The van der Waals surface area contributed by atoms with E-state index < -0.39 is 15.8 Å². The maximum absolute atomic E-state index is 13.5. The average molecular weight is 313 g/mol. The molecule has 0 radical (unpaired) electrons. The number of aryl methyl sites for hydroxylation is 1. The van der Waals surface area contributed by atoms with Crippen LogP contribution in [0.3, 0.4) is 0 Å². The molecule has 2 aromatic heterocycles. The van der Waals surface area contributed by atoms with Gasteiger partial charge in [-0.3, -0.25) is 9.71 Å². The van der Waals surface area contributed by atoms with Gasteiger partial charge in [0, 0.05) is 12.3 Å². The van der Waals surface area contributed by atoms with Crippen LogP contribution in [0.2, 0.25) is 0 Å². The van der Waals surface area contributed by atoms with Crippen molar-refractivity contribution in [2.75, 3.05) is 11.3 Å². The summed E-state index contributed by atoms with van der Waals surface area (Å²) in [5.41, 5.74) is -0.154. The lowest BCUT2D eigenvalue weighted by molar-refractivity contribution is 0.460. The molecule has 6 nitrogen and oxygen atoms in total. The number of aromatic nitrogens is 1. The topological polar surface area (TPSA) is 84.2 Å². The van der Waals surface area contributed by atoms with Crippen LogP contribution in [0.4, 0.5) is 10.1 Å². The van der Waals surface area contributed by atoms with E-state index in [4.69, 9.17) is 4.42 Å². The smallest absolute Gasteiger partial charge is 0.265 e. The minimum absolute atomic E-state index is 0.00776. The molecule has 2 aromatic rings. The van der Waals surface area contributed by atoms with Gasteiger partial charge in [0.15, 0.2) is 5.82 Å². The number of nitrogens with zero attached hydrogens (tertiary/aromatic N) is 1. The first-order valence-corrected chi connectivity index (χ1v) is 7.84. The summed E-state index contributed by atoms with van der Waals surface area (Å²) in [7, 11) is -3.91. The van der Waals surface area contributed by atoms with E-state index in [0.717, 1.165) is 12.7 Å². The normalized spacial score (nSPS) is 11.6. The van der Waals surface area contributed by atoms with Crippen LogP contribution >= 0.6 is 0 Å². The van der Waals surface area contributed by atoms with E-state index in [2.05, 4.69) is 15.0 Å². The van der Waals surface area contributed by atoms with Crippen LogP contribution in [0.15, 0.2) is 33.8 Å². The molecule has 0 aliphatic rings. The highest BCUT2D eigenvalue weighted by molar-refractivity contribution is 7.92. The van der Waals surface area contributed by atoms with E-state index in [1.807, 2.05) is 6.92 Å². The van der Waals surface area contributed by atoms with E-state index in [-0.39, 0.29) is 16.3 Å². The van der Waals surface area contributed by atoms with Crippen molar-refractivity contribution in [2.45, 2.75) is 25.3 Å². The van der Waals surface area contributed by atoms with Gasteiger partial charge in [-0.15, -0.1) is 0 Å². The SMILES string of the molecule is CCNCc1cc(S(=O)(=O)Nc2ccncc2F)c(C)o1. The second kappa shape index (κ2) is 6.23. The van der Waals surface area contributed by atoms with Gasteiger partial charge in [0.2, 0.25) is 0 Å². The molecule has 0 amide bonds. The summed E-state index contributed by atoms with van der Waals surface area (Å²) in [6, 6.07) is 2.68. The number of anilines is 1. The Morgan fingerprint density at radius 3 is 2.86 bits per heavy atom. The average Bonchev–Trinajstić information content (AvgIpc) is 2.81. The molecule has 0 spiro atoms. The Bertz CT molecular complexity index is 728. The lowest BCUT2D eigenvalue weighted by Crippen LogP contribution is -2.14. The zero-order chi connectivity index (χ0) is 15.5. The van der Waals surface area contributed by atoms with E-state index in [9.17, 15) is 12.8 Å². The number of rotatable bonds is 6. The summed E-state index contributed by atoms with van der Waals surface area (Å²) in [4.78, 5) is 3.56. The Morgan fingerprint density at radius 2 is 2.19 bits per heavy atom. The van der Waals surface area contributed by atoms with Crippen LogP contribution in [0.25, 0.3) is 0 Å². The van der Waals surface area contributed by atoms with Gasteiger partial charge in [0.05, 0.1) is 18.4 Å². The Hall–Kier alpha value is -1.93. The maximum atomic E-state index is 13.5. The van der Waals surface area contributed by atoms with Crippen LogP contribution in [-0.4, -0.2) is 19.9 Å². The largest absolute Gasteiger partial charge is 0.464 e. The molecule has 0 atom stereocenters. The maximum Gasteiger partial charge on any atom is 0.265 e. The monoisotopic (exact) mass is 313 g/mol. The number of sulfonamides is 1. The molecule has 2 N–H and O–H groups in total. The molecule has 0 aromatic carbocycles. The van der Waals surface area contributed by atoms with Crippen LogP contribution in [-0.2, 0) is 16.6 Å². The van der Waals surface area contributed by atoms with Gasteiger partial charge in [-0.2, -0.15) is 0 Å². The van der Waals surface area contributed by atoms with Gasteiger partial charge >= 0.3 is 0 Å². The zero-order valence-corrected chi connectivity index (χ0v) is 12.5. The molecule has 0 unspecified atom stereocenters. The van der Waals surface area contributed by atoms with Gasteiger partial charge in [0.1, 0.15) is 16.4 Å². The minimum Gasteiger partial charge on any atom is -0.464 e. The first-order valence-electron chi connectivity index (χ1n) is 6.36. The zero-order valence-electron chi connectivity index (χ0n) is 11.7. The third kappa shape index (κ3) is 3.59. The molecule has 0 aliphatic carbocycles. The molecule has 2 rings (SSSR count). The van der Waals surface area contributed by atoms with Gasteiger partial charge < -0.3 is 9.73 Å². The Kier molecular flexibility index (Phi) is 4.59. The number of hydrogen-bond donors (Lipinski definition) is 2. The summed E-state index contributed by atoms with van der Waals surface area (Å²) in [6.07, 6.45) is 2.25. The van der Waals surface area contributed by atoms with E-state index in [0.29, 0.717) is 12.3 Å². The molecule has 0 saturated carbocycles. The van der Waals surface area contributed by atoms with Crippen molar-refractivity contribution in [1.82, 2.24) is 10.3 Å². The van der Waals surface area contributed by atoms with Crippen LogP contribution in [0, 0.1) is 12.7 Å². The summed E-state index contributed by atoms with van der Waals surface area (Å²) in [5, 5.41) is 3.04. The summed E-state index contributed by atoms with van der Waals surface area (Å²) in [6.45, 7) is 4.65. The molecule has 0 aliphatic heterocycles. The van der Waals surface area contributed by atoms with Crippen molar-refractivity contribution in [3.05, 3.63) is 41.9 Å². The third-order valence-corrected chi connectivity index (χ3v) is 4.25. The predicted octanol–water partition coefficient (Wildman–Crippen LogP) is 2.03. The Balaban J connectivity index is 2.27. The van der Waals surface area contributed by atoms with Gasteiger partial charge in [-0.1, -0.05) is 6.92 Å². The highest BCUT2D eigenvalue weighted by Gasteiger charge is 2.22. The first-order chi connectivity index (χ1) is 9.94. The Morgan fingerprint density at radius 1 is 1.43 bits per heavy atom. The Labute approximate surface area is 122 Å². The predicted molar refractivity (Wildman–Crippen MR) is 75.8 cm³/mol. The van der Waals surface area contributed by atoms with Crippen molar-refractivity contribution < 1.29 is 17.2 Å². The number of furan rings is 1. The van der Waals surface area contributed by atoms with Crippen molar-refractivity contribution in [3.63, 3.8) is 0 Å². The fraction of sp³-hybridized carbons (Fsp3) is 0.308. The van der Waals surface area contributed by atoms with Crippen molar-refractivity contribution >= 4 is 15.7 Å². The summed E-state index contributed by atoms with van der Waals surface area (Å²) < 4.78 is 45.6. The number of nitrogens with one attached hydrogen (secondary N) is 2. The third-order valence-electron chi connectivity index (χ3n) is 2.78. The first kappa shape index (κ1) is 15.5. The van der Waals surface area contributed by atoms with Gasteiger partial charge in [-0.25, -0.2) is 12.8 Å². The van der Waals surface area contributed by atoms with Gasteiger partial charge in [-0.05, 0) is 19.5 Å². The molecule has 0 fully saturated rings. The molecule has 2 heterocycles. The van der Waals surface area contributed by atoms with E-state index in [1.165, 1.54) is 18.3 Å². The fourth-order valence-electron chi connectivity index (χ4n) is 1.78. The molecule has 21 heavy (non-hydrogen) atoms. The summed E-state index contributed by atoms with van der Waals surface area (Å²) >= 11 is 0. The van der Waals surface area contributed by atoms with Crippen molar-refractivity contribution in [1.29, 1.82) is 0 Å². The molecule has 8 heteroatoms. The minimum atomic E-state index is -3.91. The molecular formula is C13H16FN3O3S. The van der Waals surface area contributed by atoms with Crippen LogP contribution in [0.5, 0.6) is 0 Å². The number of halogens is 1. The fourth-order valence-corrected chi connectivity index (χ4v) is 3.06. The molecular weight excluding hydrogens is 297 g/mol. The quantitative estimate of drug-likeness (QED) is 0.852. The number of pyridine rings is 1. The second-order valence-electron chi connectivity index (χ2n) is 4.37. The van der Waals surface area contributed by atoms with E-state index in [1.54, 1.807) is 6.92 Å². The molecule has 114 valence electrons. The molecule has 0 saturated heterocycles. The van der Waals surface area contributed by atoms with Crippen molar-refractivity contribution in [2.24, 2.45) is 0 Å². The summed E-state index contributed by atoms with van der Waals surface area (Å²) in [5.74, 6) is 0.0184.